The van der Waals surface area contributed by atoms with Crippen molar-refractivity contribution in [3.05, 3.63) is 53.5 Å². The molecule has 0 unspecified atom stereocenters. The van der Waals surface area contributed by atoms with Gasteiger partial charge in [0.1, 0.15) is 0 Å². The van der Waals surface area contributed by atoms with Gasteiger partial charge in [-0.15, -0.1) is 0 Å². The van der Waals surface area contributed by atoms with Crippen molar-refractivity contribution in [2.45, 2.75) is 26.7 Å². The predicted molar refractivity (Wildman–Crippen MR) is 95.5 cm³/mol. The first kappa shape index (κ1) is 17.1. The third kappa shape index (κ3) is 4.02. The van der Waals surface area contributed by atoms with Crippen LogP contribution < -0.4 is 5.32 Å². The first-order valence-corrected chi connectivity index (χ1v) is 8.53. The number of carbonyl (C=O) groups is 2. The fourth-order valence-electron chi connectivity index (χ4n) is 2.83. The summed E-state index contributed by atoms with van der Waals surface area (Å²) in [6, 6.07) is 7.22. The molecular formula is C19H22N4O2. The molecule has 0 saturated carbocycles. The van der Waals surface area contributed by atoms with Gasteiger partial charge in [-0.1, -0.05) is 24.6 Å². The van der Waals surface area contributed by atoms with Crippen molar-refractivity contribution >= 4 is 17.6 Å². The van der Waals surface area contributed by atoms with Crippen LogP contribution in [0.2, 0.25) is 0 Å². The van der Waals surface area contributed by atoms with Crippen LogP contribution in [0.5, 0.6) is 0 Å². The molecule has 25 heavy (non-hydrogen) atoms. The van der Waals surface area contributed by atoms with Crippen LogP contribution in [0.3, 0.4) is 0 Å². The van der Waals surface area contributed by atoms with E-state index >= 15 is 0 Å². The second kappa shape index (κ2) is 7.42. The molecule has 1 N–H and O–H groups in total. The summed E-state index contributed by atoms with van der Waals surface area (Å²) in [4.78, 5) is 35.3. The molecule has 1 fully saturated rings. The molecule has 2 heterocycles. The highest BCUT2D eigenvalue weighted by Crippen LogP contribution is 2.20. The molecule has 0 radical (unpaired) electrons. The fourth-order valence-corrected chi connectivity index (χ4v) is 2.83. The zero-order chi connectivity index (χ0) is 17.8. The Morgan fingerprint density at radius 2 is 1.72 bits per heavy atom. The van der Waals surface area contributed by atoms with E-state index in [1.54, 1.807) is 17.0 Å². The zero-order valence-corrected chi connectivity index (χ0v) is 14.5. The molecule has 2 amide bonds. The second-order valence-electron chi connectivity index (χ2n) is 6.55. The minimum absolute atomic E-state index is 0.181. The van der Waals surface area contributed by atoms with Crippen molar-refractivity contribution in [1.82, 2.24) is 14.9 Å². The summed E-state index contributed by atoms with van der Waals surface area (Å²) in [5.74, 6) is 0.351. The maximum Gasteiger partial charge on any atom is 0.276 e. The van der Waals surface area contributed by atoms with Gasteiger partial charge in [0.25, 0.3) is 11.8 Å². The Labute approximate surface area is 147 Å². The molecule has 1 aromatic heterocycles. The lowest BCUT2D eigenvalue weighted by atomic mass is 9.99. The Balaban J connectivity index is 1.77. The average molecular weight is 338 g/mol. The molecule has 0 atom stereocenters. The number of amides is 2. The van der Waals surface area contributed by atoms with Gasteiger partial charge in [0.15, 0.2) is 11.5 Å². The van der Waals surface area contributed by atoms with Crippen LogP contribution in [-0.4, -0.2) is 39.8 Å². The van der Waals surface area contributed by atoms with E-state index in [1.165, 1.54) is 12.4 Å². The van der Waals surface area contributed by atoms with Crippen LogP contribution in [0.1, 0.15) is 46.2 Å². The van der Waals surface area contributed by atoms with Crippen LogP contribution >= 0.6 is 0 Å². The van der Waals surface area contributed by atoms with Gasteiger partial charge >= 0.3 is 0 Å². The highest BCUT2D eigenvalue weighted by molar-refractivity contribution is 6.07. The topological polar surface area (TPSA) is 75.2 Å². The smallest absolute Gasteiger partial charge is 0.276 e. The van der Waals surface area contributed by atoms with Crippen molar-refractivity contribution in [3.8, 4) is 0 Å². The summed E-state index contributed by atoms with van der Waals surface area (Å²) in [5.41, 5.74) is 1.78. The summed E-state index contributed by atoms with van der Waals surface area (Å²) in [6.07, 6.45) is 4.91. The van der Waals surface area contributed by atoms with E-state index in [-0.39, 0.29) is 23.3 Å². The van der Waals surface area contributed by atoms with E-state index in [9.17, 15) is 9.59 Å². The van der Waals surface area contributed by atoms with E-state index in [1.807, 2.05) is 19.1 Å². The highest BCUT2D eigenvalue weighted by atomic mass is 16.2. The number of rotatable bonds is 3. The molecule has 3 rings (SSSR count). The van der Waals surface area contributed by atoms with Crippen molar-refractivity contribution in [2.24, 2.45) is 5.92 Å². The van der Waals surface area contributed by atoms with Crippen LogP contribution in [0.15, 0.2) is 36.7 Å². The summed E-state index contributed by atoms with van der Waals surface area (Å²) < 4.78 is 0. The van der Waals surface area contributed by atoms with Crippen molar-refractivity contribution in [2.75, 3.05) is 18.4 Å². The number of anilines is 1. The first-order valence-electron chi connectivity index (χ1n) is 8.53. The zero-order valence-electron chi connectivity index (χ0n) is 14.5. The SMILES string of the molecule is Cc1ccc(C(=O)Nc2nccnc2C(=O)N2CCC(C)CC2)cc1. The van der Waals surface area contributed by atoms with Crippen molar-refractivity contribution < 1.29 is 9.59 Å². The molecule has 6 nitrogen and oxygen atoms in total. The normalized spacial score (nSPS) is 15.0. The number of carbonyl (C=O) groups excluding carboxylic acids is 2. The molecule has 1 saturated heterocycles. The van der Waals surface area contributed by atoms with Crippen LogP contribution in [0.25, 0.3) is 0 Å². The lowest BCUT2D eigenvalue weighted by molar-refractivity contribution is 0.0692. The fraction of sp³-hybridized carbons (Fsp3) is 0.368. The Hall–Kier alpha value is -2.76. The van der Waals surface area contributed by atoms with E-state index in [0.717, 1.165) is 18.4 Å². The molecule has 1 aliphatic heterocycles. The monoisotopic (exact) mass is 338 g/mol. The number of nitrogens with zero attached hydrogens (tertiary/aromatic N) is 3. The molecule has 0 spiro atoms. The first-order chi connectivity index (χ1) is 12.0. The molecule has 1 aromatic carbocycles. The molecule has 130 valence electrons. The maximum atomic E-state index is 12.8. The number of piperidine rings is 1. The minimum Gasteiger partial charge on any atom is -0.337 e. The van der Waals surface area contributed by atoms with Gasteiger partial charge in [0.05, 0.1) is 0 Å². The molecule has 0 aliphatic carbocycles. The Bertz CT molecular complexity index is 765. The Morgan fingerprint density at radius 3 is 2.40 bits per heavy atom. The number of aryl methyl sites for hydroxylation is 1. The molecular weight excluding hydrogens is 316 g/mol. The third-order valence-electron chi connectivity index (χ3n) is 4.52. The van der Waals surface area contributed by atoms with Gasteiger partial charge in [-0.2, -0.15) is 0 Å². The van der Waals surface area contributed by atoms with Crippen LogP contribution in [0.4, 0.5) is 5.82 Å². The minimum atomic E-state index is -0.304. The van der Waals surface area contributed by atoms with Crippen molar-refractivity contribution in [1.29, 1.82) is 0 Å². The summed E-state index contributed by atoms with van der Waals surface area (Å²) in [7, 11) is 0. The third-order valence-corrected chi connectivity index (χ3v) is 4.52. The standard InChI is InChI=1S/C19H22N4O2/c1-13-3-5-15(6-4-13)18(24)22-17-16(20-9-10-21-17)19(25)23-11-7-14(2)8-12-23/h3-6,9-10,14H,7-8,11-12H2,1-2H3,(H,21,22,24). The van der Waals surface area contributed by atoms with Gasteiger partial charge in [-0.3, -0.25) is 9.59 Å². The number of nitrogens with one attached hydrogen (secondary N) is 1. The lowest BCUT2D eigenvalue weighted by Gasteiger charge is -2.30. The molecule has 1 aliphatic rings. The van der Waals surface area contributed by atoms with Crippen LogP contribution in [0, 0.1) is 12.8 Å². The predicted octanol–water partition coefficient (Wildman–Crippen LogP) is 2.91. The average Bonchev–Trinajstić information content (AvgIpc) is 2.63. The van der Waals surface area contributed by atoms with E-state index in [0.29, 0.717) is 24.6 Å². The lowest BCUT2D eigenvalue weighted by Crippen LogP contribution is -2.38. The Morgan fingerprint density at radius 1 is 1.08 bits per heavy atom. The Kier molecular flexibility index (Phi) is 5.07. The van der Waals surface area contributed by atoms with Gasteiger partial charge in [0, 0.05) is 31.0 Å². The van der Waals surface area contributed by atoms with Gasteiger partial charge < -0.3 is 10.2 Å². The van der Waals surface area contributed by atoms with Crippen molar-refractivity contribution in [3.63, 3.8) is 0 Å². The van der Waals surface area contributed by atoms with Gasteiger partial charge in [-0.05, 0) is 37.8 Å². The molecule has 0 bridgehead atoms. The van der Waals surface area contributed by atoms with E-state index < -0.39 is 0 Å². The number of hydrogen-bond donors (Lipinski definition) is 1. The van der Waals surface area contributed by atoms with Gasteiger partial charge in [0.2, 0.25) is 0 Å². The number of benzene rings is 1. The quantitative estimate of drug-likeness (QED) is 0.934. The molecule has 6 heteroatoms. The summed E-state index contributed by atoms with van der Waals surface area (Å²) in [6.45, 7) is 5.57. The highest BCUT2D eigenvalue weighted by Gasteiger charge is 2.25. The van der Waals surface area contributed by atoms with E-state index in [4.69, 9.17) is 0 Å². The second-order valence-corrected chi connectivity index (χ2v) is 6.55. The summed E-state index contributed by atoms with van der Waals surface area (Å²) in [5, 5.41) is 2.72. The molecule has 2 aromatic rings. The number of aromatic nitrogens is 2. The van der Waals surface area contributed by atoms with E-state index in [2.05, 4.69) is 22.2 Å². The summed E-state index contributed by atoms with van der Waals surface area (Å²) >= 11 is 0. The number of likely N-dealkylation sites (tertiary alicyclic amines) is 1. The maximum absolute atomic E-state index is 12.8. The largest absolute Gasteiger partial charge is 0.337 e. The van der Waals surface area contributed by atoms with Gasteiger partial charge in [-0.25, -0.2) is 9.97 Å². The van der Waals surface area contributed by atoms with Crippen LogP contribution in [-0.2, 0) is 0 Å². The number of hydrogen-bond acceptors (Lipinski definition) is 4.